The molecule has 2 aromatic heterocycles. The second-order valence-corrected chi connectivity index (χ2v) is 7.72. The standard InChI is InChI=1S/C25H22N4O2/c30-24(29-22-13-3-4-14-26-22)16-7-5-8-17(15-16)27-25(31)20-11-6-10-19-18-9-1-2-12-21(18)28-23(19)20/h3-8,10-11,13-15,28H,1-2,9,12H2,(H,27,31)(H,26,29,30). The molecule has 0 bridgehead atoms. The first-order valence-electron chi connectivity index (χ1n) is 10.5. The molecule has 0 aliphatic heterocycles. The predicted octanol–water partition coefficient (Wildman–Crippen LogP) is 4.95. The Labute approximate surface area is 179 Å². The lowest BCUT2D eigenvalue weighted by Crippen LogP contribution is -2.15. The molecule has 154 valence electrons. The number of pyridine rings is 1. The summed E-state index contributed by atoms with van der Waals surface area (Å²) in [6.07, 6.45) is 6.05. The third kappa shape index (κ3) is 3.80. The predicted molar refractivity (Wildman–Crippen MR) is 122 cm³/mol. The minimum absolute atomic E-state index is 0.202. The summed E-state index contributed by atoms with van der Waals surface area (Å²) in [6.45, 7) is 0. The van der Waals surface area contributed by atoms with Crippen LogP contribution in [0, 0.1) is 0 Å². The molecule has 0 fully saturated rings. The van der Waals surface area contributed by atoms with Crippen molar-refractivity contribution in [3.8, 4) is 0 Å². The number of carbonyl (C=O) groups is 2. The average Bonchev–Trinajstić information content (AvgIpc) is 3.19. The zero-order valence-electron chi connectivity index (χ0n) is 16.9. The Morgan fingerprint density at radius 2 is 1.74 bits per heavy atom. The molecular formula is C25H22N4O2. The number of benzene rings is 2. The molecule has 2 aromatic carbocycles. The van der Waals surface area contributed by atoms with Crippen molar-refractivity contribution in [1.82, 2.24) is 9.97 Å². The number of anilines is 2. The summed E-state index contributed by atoms with van der Waals surface area (Å²) < 4.78 is 0. The van der Waals surface area contributed by atoms with E-state index in [0.29, 0.717) is 22.6 Å². The maximum Gasteiger partial charge on any atom is 0.257 e. The lowest BCUT2D eigenvalue weighted by atomic mass is 9.95. The SMILES string of the molecule is O=C(Nc1ccccn1)c1cccc(NC(=O)c2cccc3c4c([nH]c23)CCCC4)c1. The second kappa shape index (κ2) is 8.07. The van der Waals surface area contributed by atoms with E-state index in [1.807, 2.05) is 12.1 Å². The van der Waals surface area contributed by atoms with Gasteiger partial charge < -0.3 is 15.6 Å². The van der Waals surface area contributed by atoms with Crippen molar-refractivity contribution in [3.63, 3.8) is 0 Å². The van der Waals surface area contributed by atoms with Gasteiger partial charge in [-0.1, -0.05) is 24.3 Å². The van der Waals surface area contributed by atoms with Gasteiger partial charge in [0.2, 0.25) is 0 Å². The number of nitrogens with one attached hydrogen (secondary N) is 3. The molecule has 3 N–H and O–H groups in total. The van der Waals surface area contributed by atoms with Gasteiger partial charge in [0.1, 0.15) is 5.82 Å². The van der Waals surface area contributed by atoms with E-state index in [0.717, 1.165) is 23.7 Å². The molecule has 1 aliphatic rings. The topological polar surface area (TPSA) is 86.9 Å². The van der Waals surface area contributed by atoms with Crippen LogP contribution in [-0.2, 0) is 12.8 Å². The van der Waals surface area contributed by atoms with Gasteiger partial charge >= 0.3 is 0 Å². The van der Waals surface area contributed by atoms with Crippen LogP contribution in [0.4, 0.5) is 11.5 Å². The van der Waals surface area contributed by atoms with Crippen LogP contribution in [0.5, 0.6) is 0 Å². The van der Waals surface area contributed by atoms with Crippen LogP contribution in [-0.4, -0.2) is 21.8 Å². The summed E-state index contributed by atoms with van der Waals surface area (Å²) in [4.78, 5) is 33.2. The van der Waals surface area contributed by atoms with Gasteiger partial charge in [-0.15, -0.1) is 0 Å². The van der Waals surface area contributed by atoms with Crippen LogP contribution >= 0.6 is 0 Å². The fourth-order valence-corrected chi connectivity index (χ4v) is 4.18. The number of nitrogens with zero attached hydrogens (tertiary/aromatic N) is 1. The molecule has 4 aromatic rings. The molecular weight excluding hydrogens is 388 g/mol. The highest BCUT2D eigenvalue weighted by molar-refractivity contribution is 6.13. The highest BCUT2D eigenvalue weighted by Gasteiger charge is 2.19. The van der Waals surface area contributed by atoms with Crippen molar-refractivity contribution < 1.29 is 9.59 Å². The Morgan fingerprint density at radius 1 is 0.871 bits per heavy atom. The van der Waals surface area contributed by atoms with Crippen molar-refractivity contribution >= 4 is 34.2 Å². The first-order chi connectivity index (χ1) is 15.2. The Morgan fingerprint density at radius 3 is 2.61 bits per heavy atom. The first kappa shape index (κ1) is 19.1. The molecule has 0 radical (unpaired) electrons. The monoisotopic (exact) mass is 410 g/mol. The van der Waals surface area contributed by atoms with Crippen molar-refractivity contribution in [3.05, 3.63) is 89.2 Å². The summed E-state index contributed by atoms with van der Waals surface area (Å²) >= 11 is 0. The molecule has 0 spiro atoms. The van der Waals surface area contributed by atoms with Crippen LogP contribution < -0.4 is 10.6 Å². The molecule has 0 saturated carbocycles. The number of hydrogen-bond donors (Lipinski definition) is 3. The molecule has 1 aliphatic carbocycles. The van der Waals surface area contributed by atoms with E-state index in [2.05, 4.69) is 26.7 Å². The fourth-order valence-electron chi connectivity index (χ4n) is 4.18. The zero-order valence-corrected chi connectivity index (χ0v) is 16.9. The highest BCUT2D eigenvalue weighted by atomic mass is 16.2. The lowest BCUT2D eigenvalue weighted by molar-refractivity contribution is 0.101. The maximum absolute atomic E-state index is 13.1. The summed E-state index contributed by atoms with van der Waals surface area (Å²) in [5, 5.41) is 6.82. The molecule has 0 saturated heterocycles. The highest BCUT2D eigenvalue weighted by Crippen LogP contribution is 2.31. The van der Waals surface area contributed by atoms with Crippen molar-refractivity contribution in [2.24, 2.45) is 0 Å². The molecule has 6 nitrogen and oxygen atoms in total. The number of rotatable bonds is 4. The van der Waals surface area contributed by atoms with Gasteiger partial charge in [0, 0.05) is 28.5 Å². The Kier molecular flexibility index (Phi) is 4.96. The molecule has 0 unspecified atom stereocenters. The summed E-state index contributed by atoms with van der Waals surface area (Å²) in [7, 11) is 0. The number of carbonyl (C=O) groups excluding carboxylic acids is 2. The third-order valence-corrected chi connectivity index (χ3v) is 5.67. The zero-order chi connectivity index (χ0) is 21.2. The summed E-state index contributed by atoms with van der Waals surface area (Å²) in [6, 6.07) is 18.0. The van der Waals surface area contributed by atoms with Crippen LogP contribution in [0.25, 0.3) is 10.9 Å². The van der Waals surface area contributed by atoms with Crippen LogP contribution in [0.3, 0.4) is 0 Å². The Balaban J connectivity index is 1.38. The number of amides is 2. The number of aryl methyl sites for hydroxylation is 2. The van der Waals surface area contributed by atoms with Gasteiger partial charge in [0.25, 0.3) is 11.8 Å². The van der Waals surface area contributed by atoms with E-state index in [-0.39, 0.29) is 11.8 Å². The van der Waals surface area contributed by atoms with E-state index < -0.39 is 0 Å². The van der Waals surface area contributed by atoms with Crippen molar-refractivity contribution in [2.45, 2.75) is 25.7 Å². The molecule has 6 heteroatoms. The van der Waals surface area contributed by atoms with Crippen molar-refractivity contribution in [2.75, 3.05) is 10.6 Å². The first-order valence-corrected chi connectivity index (χ1v) is 10.5. The van der Waals surface area contributed by atoms with Crippen LogP contribution in [0.1, 0.15) is 44.8 Å². The van der Waals surface area contributed by atoms with E-state index in [1.54, 1.807) is 48.7 Å². The van der Waals surface area contributed by atoms with Gasteiger partial charge in [-0.25, -0.2) is 4.98 Å². The second-order valence-electron chi connectivity index (χ2n) is 7.72. The van der Waals surface area contributed by atoms with Gasteiger partial charge in [-0.2, -0.15) is 0 Å². The lowest BCUT2D eigenvalue weighted by Gasteiger charge is -2.10. The maximum atomic E-state index is 13.1. The number of fused-ring (bicyclic) bond motifs is 3. The van der Waals surface area contributed by atoms with Gasteiger partial charge in [-0.05, 0) is 67.6 Å². The van der Waals surface area contributed by atoms with E-state index in [4.69, 9.17) is 0 Å². The van der Waals surface area contributed by atoms with E-state index >= 15 is 0 Å². The minimum Gasteiger partial charge on any atom is -0.358 e. The normalized spacial score (nSPS) is 12.9. The number of aromatic amines is 1. The summed E-state index contributed by atoms with van der Waals surface area (Å²) in [5.41, 5.74) is 5.08. The van der Waals surface area contributed by atoms with Crippen LogP contribution in [0.2, 0.25) is 0 Å². The van der Waals surface area contributed by atoms with Gasteiger partial charge in [0.05, 0.1) is 11.1 Å². The summed E-state index contributed by atoms with van der Waals surface area (Å²) in [5.74, 6) is -0.00949. The number of aromatic nitrogens is 2. The molecule has 0 atom stereocenters. The largest absolute Gasteiger partial charge is 0.358 e. The minimum atomic E-state index is -0.283. The molecule has 31 heavy (non-hydrogen) atoms. The number of para-hydroxylation sites is 1. The molecule has 2 heterocycles. The average molecular weight is 410 g/mol. The van der Waals surface area contributed by atoms with Gasteiger partial charge in [0.15, 0.2) is 0 Å². The van der Waals surface area contributed by atoms with Crippen molar-refractivity contribution in [1.29, 1.82) is 0 Å². The van der Waals surface area contributed by atoms with E-state index in [9.17, 15) is 9.59 Å². The smallest absolute Gasteiger partial charge is 0.257 e. The number of hydrogen-bond acceptors (Lipinski definition) is 3. The third-order valence-electron chi connectivity index (χ3n) is 5.67. The Hall–Kier alpha value is -3.93. The Bertz CT molecular complexity index is 1280. The quantitative estimate of drug-likeness (QED) is 0.445. The molecule has 2 amide bonds. The van der Waals surface area contributed by atoms with Gasteiger partial charge in [-0.3, -0.25) is 9.59 Å². The van der Waals surface area contributed by atoms with Crippen LogP contribution in [0.15, 0.2) is 66.9 Å². The molecule has 5 rings (SSSR count). The fraction of sp³-hybridized carbons (Fsp3) is 0.160. The van der Waals surface area contributed by atoms with E-state index in [1.165, 1.54) is 24.1 Å². The number of H-pyrrole nitrogens is 1.